The minimum atomic E-state index is -0.955. The molecule has 88 valence electrons. The molecule has 0 aliphatic carbocycles. The third-order valence-corrected chi connectivity index (χ3v) is 2.66. The van der Waals surface area contributed by atoms with Crippen molar-refractivity contribution in [2.75, 3.05) is 0 Å². The maximum atomic E-state index is 10.9. The first kappa shape index (κ1) is 10.5. The van der Waals surface area contributed by atoms with Crippen molar-refractivity contribution in [2.45, 2.75) is 0 Å². The molecule has 0 bridgehead atoms. The molecule has 0 saturated carbocycles. The molecule has 2 heterocycles. The largest absolute Gasteiger partial charge is 0.478 e. The molecule has 18 heavy (non-hydrogen) atoms. The Morgan fingerprint density at radius 3 is 2.78 bits per heavy atom. The van der Waals surface area contributed by atoms with E-state index in [0.717, 1.165) is 5.39 Å². The molecule has 0 fully saturated rings. The van der Waals surface area contributed by atoms with E-state index in [1.54, 1.807) is 41.3 Å². The molecule has 0 spiro atoms. The number of hydrogen-bond acceptors (Lipinski definition) is 3. The summed E-state index contributed by atoms with van der Waals surface area (Å²) in [6, 6.07) is 10.4. The van der Waals surface area contributed by atoms with Gasteiger partial charge in [0.1, 0.15) is 0 Å². The van der Waals surface area contributed by atoms with Crippen molar-refractivity contribution in [1.29, 1.82) is 0 Å². The highest BCUT2D eigenvalue weighted by Crippen LogP contribution is 2.16. The highest BCUT2D eigenvalue weighted by atomic mass is 16.4. The Hall–Kier alpha value is -2.69. The lowest BCUT2D eigenvalue weighted by atomic mass is 10.1. The van der Waals surface area contributed by atoms with Gasteiger partial charge < -0.3 is 5.11 Å². The van der Waals surface area contributed by atoms with Gasteiger partial charge in [0.15, 0.2) is 5.82 Å². The van der Waals surface area contributed by atoms with E-state index < -0.39 is 5.97 Å². The Morgan fingerprint density at radius 2 is 2.06 bits per heavy atom. The zero-order valence-electron chi connectivity index (χ0n) is 9.32. The van der Waals surface area contributed by atoms with Gasteiger partial charge in [-0.15, -0.1) is 0 Å². The number of carbonyl (C=O) groups is 1. The molecule has 2 aromatic heterocycles. The summed E-state index contributed by atoms with van der Waals surface area (Å²) in [4.78, 5) is 15.3. The summed E-state index contributed by atoms with van der Waals surface area (Å²) >= 11 is 0. The number of rotatable bonds is 2. The first-order chi connectivity index (χ1) is 8.74. The Bertz CT molecular complexity index is 720. The van der Waals surface area contributed by atoms with E-state index >= 15 is 0 Å². The van der Waals surface area contributed by atoms with Crippen LogP contribution in [0.4, 0.5) is 0 Å². The Kier molecular flexibility index (Phi) is 2.30. The molecule has 0 aliphatic rings. The van der Waals surface area contributed by atoms with E-state index in [4.69, 9.17) is 5.11 Å². The molecule has 0 unspecified atom stereocenters. The van der Waals surface area contributed by atoms with Crippen LogP contribution in [-0.2, 0) is 0 Å². The van der Waals surface area contributed by atoms with Crippen molar-refractivity contribution < 1.29 is 9.90 Å². The van der Waals surface area contributed by atoms with Crippen molar-refractivity contribution >= 4 is 16.9 Å². The number of benzene rings is 1. The molecular formula is C13H9N3O2. The van der Waals surface area contributed by atoms with Gasteiger partial charge in [0.2, 0.25) is 0 Å². The fourth-order valence-corrected chi connectivity index (χ4v) is 1.77. The number of carboxylic acids is 1. The Balaban J connectivity index is 2.18. The van der Waals surface area contributed by atoms with E-state index in [0.29, 0.717) is 11.3 Å². The number of pyridine rings is 1. The molecular weight excluding hydrogens is 230 g/mol. The van der Waals surface area contributed by atoms with Crippen molar-refractivity contribution in [3.05, 3.63) is 54.4 Å². The van der Waals surface area contributed by atoms with Gasteiger partial charge in [-0.05, 0) is 30.3 Å². The average molecular weight is 239 g/mol. The van der Waals surface area contributed by atoms with Crippen LogP contribution in [-0.4, -0.2) is 25.8 Å². The van der Waals surface area contributed by atoms with Crippen LogP contribution >= 0.6 is 0 Å². The topological polar surface area (TPSA) is 68.0 Å². The summed E-state index contributed by atoms with van der Waals surface area (Å²) in [5.41, 5.74) is 0.871. The van der Waals surface area contributed by atoms with Crippen LogP contribution in [0.2, 0.25) is 0 Å². The van der Waals surface area contributed by atoms with E-state index in [1.165, 1.54) is 0 Å². The lowest BCUT2D eigenvalue weighted by Gasteiger charge is -2.03. The molecule has 0 atom stereocenters. The van der Waals surface area contributed by atoms with Crippen molar-refractivity contribution in [3.8, 4) is 5.82 Å². The van der Waals surface area contributed by atoms with Gasteiger partial charge in [-0.25, -0.2) is 14.5 Å². The SMILES string of the molecule is O=C(O)c1ccc2ccc(-n3cccn3)nc2c1. The first-order valence-corrected chi connectivity index (χ1v) is 5.38. The summed E-state index contributed by atoms with van der Waals surface area (Å²) in [7, 11) is 0. The van der Waals surface area contributed by atoms with Gasteiger partial charge in [0.05, 0.1) is 11.1 Å². The quantitative estimate of drug-likeness (QED) is 0.743. The van der Waals surface area contributed by atoms with Gasteiger partial charge in [0.25, 0.3) is 0 Å². The molecule has 0 aliphatic heterocycles. The van der Waals surface area contributed by atoms with Crippen molar-refractivity contribution in [3.63, 3.8) is 0 Å². The predicted octanol–water partition coefficient (Wildman–Crippen LogP) is 2.12. The van der Waals surface area contributed by atoms with Crippen LogP contribution in [0.15, 0.2) is 48.8 Å². The van der Waals surface area contributed by atoms with Gasteiger partial charge >= 0.3 is 5.97 Å². The number of carboxylic acid groups (broad SMARTS) is 1. The maximum absolute atomic E-state index is 10.9. The van der Waals surface area contributed by atoms with Gasteiger partial charge in [-0.1, -0.05) is 6.07 Å². The summed E-state index contributed by atoms with van der Waals surface area (Å²) in [5, 5.41) is 13.9. The molecule has 0 radical (unpaired) electrons. The van der Waals surface area contributed by atoms with Crippen LogP contribution in [0.5, 0.6) is 0 Å². The van der Waals surface area contributed by atoms with E-state index in [2.05, 4.69) is 10.1 Å². The lowest BCUT2D eigenvalue weighted by molar-refractivity contribution is 0.0697. The zero-order chi connectivity index (χ0) is 12.5. The molecule has 0 saturated heterocycles. The van der Waals surface area contributed by atoms with E-state index in [9.17, 15) is 4.79 Å². The van der Waals surface area contributed by atoms with Crippen LogP contribution in [0.3, 0.4) is 0 Å². The van der Waals surface area contributed by atoms with E-state index in [1.807, 2.05) is 12.1 Å². The number of nitrogens with zero attached hydrogens (tertiary/aromatic N) is 3. The normalized spacial score (nSPS) is 10.7. The second kappa shape index (κ2) is 3.96. The third kappa shape index (κ3) is 1.71. The lowest BCUT2D eigenvalue weighted by Crippen LogP contribution is -1.99. The van der Waals surface area contributed by atoms with Crippen LogP contribution in [0.25, 0.3) is 16.7 Å². The number of aromatic nitrogens is 3. The molecule has 5 heteroatoms. The molecule has 0 amide bonds. The second-order valence-corrected chi connectivity index (χ2v) is 3.83. The minimum absolute atomic E-state index is 0.229. The fraction of sp³-hybridized carbons (Fsp3) is 0. The smallest absolute Gasteiger partial charge is 0.335 e. The van der Waals surface area contributed by atoms with Crippen molar-refractivity contribution in [1.82, 2.24) is 14.8 Å². The first-order valence-electron chi connectivity index (χ1n) is 5.38. The zero-order valence-corrected chi connectivity index (χ0v) is 9.32. The monoisotopic (exact) mass is 239 g/mol. The molecule has 1 aromatic carbocycles. The summed E-state index contributed by atoms with van der Waals surface area (Å²) in [6.07, 6.45) is 3.45. The average Bonchev–Trinajstić information content (AvgIpc) is 2.91. The van der Waals surface area contributed by atoms with E-state index in [-0.39, 0.29) is 5.56 Å². The second-order valence-electron chi connectivity index (χ2n) is 3.83. The maximum Gasteiger partial charge on any atom is 0.335 e. The molecule has 3 rings (SSSR count). The highest BCUT2D eigenvalue weighted by molar-refractivity contribution is 5.93. The summed E-state index contributed by atoms with van der Waals surface area (Å²) < 4.78 is 1.63. The fourth-order valence-electron chi connectivity index (χ4n) is 1.77. The van der Waals surface area contributed by atoms with Crippen LogP contribution < -0.4 is 0 Å². The number of aromatic carboxylic acids is 1. The number of hydrogen-bond donors (Lipinski definition) is 1. The minimum Gasteiger partial charge on any atom is -0.478 e. The van der Waals surface area contributed by atoms with Crippen molar-refractivity contribution in [2.24, 2.45) is 0 Å². The predicted molar refractivity (Wildman–Crippen MR) is 65.8 cm³/mol. The summed E-state index contributed by atoms with van der Waals surface area (Å²) in [5.74, 6) is -0.293. The van der Waals surface area contributed by atoms with Gasteiger partial charge in [0, 0.05) is 17.8 Å². The third-order valence-electron chi connectivity index (χ3n) is 2.66. The molecule has 5 nitrogen and oxygen atoms in total. The van der Waals surface area contributed by atoms with Gasteiger partial charge in [-0.2, -0.15) is 5.10 Å². The highest BCUT2D eigenvalue weighted by Gasteiger charge is 2.05. The Labute approximate surface area is 102 Å². The van der Waals surface area contributed by atoms with Gasteiger partial charge in [-0.3, -0.25) is 0 Å². The number of fused-ring (bicyclic) bond motifs is 1. The molecule has 3 aromatic rings. The standard InChI is InChI=1S/C13H9N3O2/c17-13(18)10-3-2-9-4-5-12(15-11(9)8-10)16-7-1-6-14-16/h1-8H,(H,17,18). The summed E-state index contributed by atoms with van der Waals surface area (Å²) in [6.45, 7) is 0. The molecule has 1 N–H and O–H groups in total. The Morgan fingerprint density at radius 1 is 1.22 bits per heavy atom. The van der Waals surface area contributed by atoms with Crippen LogP contribution in [0.1, 0.15) is 10.4 Å². The van der Waals surface area contributed by atoms with Crippen LogP contribution in [0, 0.1) is 0 Å².